The highest BCUT2D eigenvalue weighted by Gasteiger charge is 2.48. The van der Waals surface area contributed by atoms with Crippen LogP contribution in [0.5, 0.6) is 0 Å². The van der Waals surface area contributed by atoms with Crippen molar-refractivity contribution in [3.63, 3.8) is 0 Å². The number of esters is 1. The molecule has 0 N–H and O–H groups in total. The highest BCUT2D eigenvalue weighted by molar-refractivity contribution is 7.91. The number of anilines is 1. The van der Waals surface area contributed by atoms with Gasteiger partial charge in [-0.25, -0.2) is 14.8 Å². The van der Waals surface area contributed by atoms with Crippen LogP contribution >= 0.6 is 23.2 Å². The summed E-state index contributed by atoms with van der Waals surface area (Å²) in [6, 6.07) is 13.5. The number of aromatic nitrogens is 2. The molecule has 0 radical (unpaired) electrons. The number of methoxy groups -OCH3 is 1. The number of carbonyl (C=O) groups is 1. The first kappa shape index (κ1) is 27.9. The number of halogens is 2. The van der Waals surface area contributed by atoms with E-state index in [9.17, 15) is 9.35 Å². The summed E-state index contributed by atoms with van der Waals surface area (Å²) >= 11 is 11.2. The zero-order valence-corrected chi connectivity index (χ0v) is 24.7. The van der Waals surface area contributed by atoms with Gasteiger partial charge in [0, 0.05) is 29.6 Å². The van der Waals surface area contributed by atoms with Gasteiger partial charge in [0.05, 0.1) is 29.0 Å². The topological polar surface area (TPSA) is 90.7 Å². The standard InChI is InChI=1S/C29H30Cl2N4O3S/c1-28(2,3)39(37)34-25-19-9-6-5-8-18(19)16-29(25)12-14-35(15-13-29)26-24(27(36)38-4)33-22(17-32-26)20-10-7-11-21(30)23(20)31/h5-11,17H,12-16H2,1-4H3/t39-/m1/s1. The molecule has 2 aromatic carbocycles. The van der Waals surface area contributed by atoms with Crippen molar-refractivity contribution in [3.05, 3.63) is 75.5 Å². The van der Waals surface area contributed by atoms with E-state index in [0.29, 0.717) is 40.2 Å². The van der Waals surface area contributed by atoms with Gasteiger partial charge in [-0.3, -0.25) is 0 Å². The van der Waals surface area contributed by atoms with Crippen molar-refractivity contribution in [2.24, 2.45) is 9.81 Å². The van der Waals surface area contributed by atoms with Crippen LogP contribution in [-0.2, 0) is 22.5 Å². The summed E-state index contributed by atoms with van der Waals surface area (Å²) in [4.78, 5) is 24.1. The minimum absolute atomic E-state index is 0.124. The number of nitrogens with zero attached hydrogens (tertiary/aromatic N) is 4. The normalized spacial score (nSPS) is 18.3. The molecule has 1 aliphatic heterocycles. The van der Waals surface area contributed by atoms with Crippen molar-refractivity contribution in [1.82, 2.24) is 9.97 Å². The summed E-state index contributed by atoms with van der Waals surface area (Å²) in [6.07, 6.45) is 3.99. The largest absolute Gasteiger partial charge is 0.591 e. The molecule has 0 bridgehead atoms. The van der Waals surface area contributed by atoms with Gasteiger partial charge in [0.15, 0.2) is 11.5 Å². The fraction of sp³-hybridized carbons (Fsp3) is 0.379. The van der Waals surface area contributed by atoms with Crippen molar-refractivity contribution in [1.29, 1.82) is 0 Å². The molecule has 1 atom stereocenters. The lowest BCUT2D eigenvalue weighted by atomic mass is 9.74. The molecule has 2 aliphatic rings. The lowest BCUT2D eigenvalue weighted by Gasteiger charge is -2.40. The Morgan fingerprint density at radius 3 is 2.49 bits per heavy atom. The lowest BCUT2D eigenvalue weighted by molar-refractivity contribution is 0.0594. The van der Waals surface area contributed by atoms with Crippen LogP contribution in [0.3, 0.4) is 0 Å². The van der Waals surface area contributed by atoms with E-state index >= 15 is 0 Å². The Morgan fingerprint density at radius 1 is 1.10 bits per heavy atom. The van der Waals surface area contributed by atoms with E-state index < -0.39 is 22.1 Å². The Kier molecular flexibility index (Phi) is 7.68. The van der Waals surface area contributed by atoms with E-state index in [1.165, 1.54) is 12.7 Å². The average molecular weight is 586 g/mol. The quantitative estimate of drug-likeness (QED) is 0.263. The number of fused-ring (bicyclic) bond motifs is 1. The van der Waals surface area contributed by atoms with Crippen molar-refractivity contribution < 1.29 is 14.1 Å². The lowest BCUT2D eigenvalue weighted by Crippen LogP contribution is -2.45. The second-order valence-corrected chi connectivity index (χ2v) is 13.6. The van der Waals surface area contributed by atoms with E-state index in [0.717, 1.165) is 30.5 Å². The second kappa shape index (κ2) is 10.7. The van der Waals surface area contributed by atoms with Gasteiger partial charge in [-0.2, -0.15) is 0 Å². The van der Waals surface area contributed by atoms with Gasteiger partial charge in [-0.15, -0.1) is 0 Å². The molecule has 1 saturated heterocycles. The molecule has 5 rings (SSSR count). The predicted octanol–water partition coefficient (Wildman–Crippen LogP) is 6.33. The molecule has 1 aliphatic carbocycles. The maximum Gasteiger partial charge on any atom is 0.360 e. The SMILES string of the molecule is COC(=O)c1nc(-c2cccc(Cl)c2Cl)cnc1N1CCC2(CC1)Cc1ccccc1C2=N[S@+]([O-])C(C)(C)C. The number of carbonyl (C=O) groups excluding carboxylic acids is 1. The number of hydrogen-bond donors (Lipinski definition) is 0. The molecular formula is C29H30Cl2N4O3S. The van der Waals surface area contributed by atoms with Crippen LogP contribution in [-0.4, -0.2) is 51.1 Å². The number of piperidine rings is 1. The van der Waals surface area contributed by atoms with E-state index in [2.05, 4.69) is 27.0 Å². The molecule has 2 heterocycles. The molecule has 1 fully saturated rings. The van der Waals surface area contributed by atoms with Crippen molar-refractivity contribution >= 4 is 52.1 Å². The van der Waals surface area contributed by atoms with Gasteiger partial charge in [0.2, 0.25) is 0 Å². The number of rotatable bonds is 4. The first-order valence-corrected chi connectivity index (χ1v) is 14.6. The van der Waals surface area contributed by atoms with Crippen LogP contribution in [0.2, 0.25) is 10.0 Å². The van der Waals surface area contributed by atoms with Crippen LogP contribution in [0, 0.1) is 5.41 Å². The maximum absolute atomic E-state index is 13.1. The van der Waals surface area contributed by atoms with E-state index in [1.807, 2.05) is 32.9 Å². The number of benzene rings is 2. The van der Waals surface area contributed by atoms with Gasteiger partial charge in [0.25, 0.3) is 0 Å². The number of hydrogen-bond acceptors (Lipinski definition) is 7. The Balaban J connectivity index is 1.47. The summed E-state index contributed by atoms with van der Waals surface area (Å²) in [5, 5.41) is 0.737. The van der Waals surface area contributed by atoms with Crippen LogP contribution in [0.25, 0.3) is 11.3 Å². The monoisotopic (exact) mass is 584 g/mol. The smallest absolute Gasteiger partial charge is 0.360 e. The Bertz CT molecular complexity index is 1450. The molecule has 0 saturated carbocycles. The molecule has 7 nitrogen and oxygen atoms in total. The molecule has 0 amide bonds. The molecule has 10 heteroatoms. The third-order valence-electron chi connectivity index (χ3n) is 7.38. The van der Waals surface area contributed by atoms with Crippen molar-refractivity contribution in [2.75, 3.05) is 25.1 Å². The summed E-state index contributed by atoms with van der Waals surface area (Å²) < 4.78 is 22.5. The fourth-order valence-corrected chi connectivity index (χ4v) is 6.37. The van der Waals surface area contributed by atoms with E-state index in [-0.39, 0.29) is 11.1 Å². The van der Waals surface area contributed by atoms with E-state index in [4.69, 9.17) is 32.3 Å². The van der Waals surface area contributed by atoms with Gasteiger partial charge in [-0.05, 0) is 51.7 Å². The molecule has 39 heavy (non-hydrogen) atoms. The minimum Gasteiger partial charge on any atom is -0.591 e. The Labute approximate surface area is 241 Å². The summed E-state index contributed by atoms with van der Waals surface area (Å²) in [5.74, 6) is -0.111. The number of ether oxygens (including phenoxy) is 1. The summed E-state index contributed by atoms with van der Waals surface area (Å²) in [6.45, 7) is 7.08. The third kappa shape index (κ3) is 5.27. The van der Waals surface area contributed by atoms with Crippen LogP contribution < -0.4 is 4.90 Å². The van der Waals surface area contributed by atoms with Crippen LogP contribution in [0.4, 0.5) is 5.82 Å². The first-order valence-electron chi connectivity index (χ1n) is 12.8. The van der Waals surface area contributed by atoms with Crippen molar-refractivity contribution in [2.45, 2.75) is 44.8 Å². The molecular weight excluding hydrogens is 555 g/mol. The van der Waals surface area contributed by atoms with Crippen LogP contribution in [0.15, 0.2) is 53.1 Å². The van der Waals surface area contributed by atoms with E-state index in [1.54, 1.807) is 24.4 Å². The Hall–Kier alpha value is -2.65. The van der Waals surface area contributed by atoms with Crippen LogP contribution in [0.1, 0.15) is 55.2 Å². The third-order valence-corrected chi connectivity index (χ3v) is 9.60. The van der Waals surface area contributed by atoms with Gasteiger partial charge < -0.3 is 14.2 Å². The predicted molar refractivity (Wildman–Crippen MR) is 157 cm³/mol. The zero-order chi connectivity index (χ0) is 27.9. The average Bonchev–Trinajstić information content (AvgIpc) is 3.21. The fourth-order valence-electron chi connectivity index (χ4n) is 5.24. The highest BCUT2D eigenvalue weighted by atomic mass is 35.5. The second-order valence-electron chi connectivity index (χ2n) is 10.9. The molecule has 1 aromatic heterocycles. The van der Waals surface area contributed by atoms with Gasteiger partial charge in [-0.1, -0.05) is 64.0 Å². The van der Waals surface area contributed by atoms with Gasteiger partial charge in [0.1, 0.15) is 21.8 Å². The molecule has 1 spiro atoms. The zero-order valence-electron chi connectivity index (χ0n) is 22.3. The van der Waals surface area contributed by atoms with Crippen molar-refractivity contribution in [3.8, 4) is 11.3 Å². The Morgan fingerprint density at radius 2 is 1.79 bits per heavy atom. The summed E-state index contributed by atoms with van der Waals surface area (Å²) in [5.41, 5.74) is 4.16. The molecule has 3 aromatic rings. The maximum atomic E-state index is 13.1. The molecule has 0 unspecified atom stereocenters. The first-order chi connectivity index (χ1) is 18.5. The molecule has 204 valence electrons. The summed E-state index contributed by atoms with van der Waals surface area (Å²) in [7, 11) is 1.33. The highest BCUT2D eigenvalue weighted by Crippen LogP contribution is 2.46. The van der Waals surface area contributed by atoms with Gasteiger partial charge >= 0.3 is 5.97 Å². The minimum atomic E-state index is -1.37.